The number of halogens is 2. The second-order valence-electron chi connectivity index (χ2n) is 3.40. The number of hydrogen-bond donors (Lipinski definition) is 1. The quantitative estimate of drug-likeness (QED) is 0.876. The Hall–Kier alpha value is -1.40. The molecule has 0 amide bonds. The minimum absolute atomic E-state index is 0.160. The summed E-state index contributed by atoms with van der Waals surface area (Å²) in [6.45, 7) is 1.56. The molecule has 16 heavy (non-hydrogen) atoms. The predicted octanol–water partition coefficient (Wildman–Crippen LogP) is 2.17. The van der Waals surface area contributed by atoms with Gasteiger partial charge in [-0.2, -0.15) is 8.75 Å². The first-order chi connectivity index (χ1) is 7.61. The molecule has 0 bridgehead atoms. The molecule has 2 aromatic rings. The topological polar surface area (TPSA) is 51.8 Å². The molecule has 1 heterocycles. The maximum atomic E-state index is 13.7. The van der Waals surface area contributed by atoms with Crippen LogP contribution in [-0.2, 0) is 0 Å². The number of benzene rings is 1. The molecule has 84 valence electrons. The summed E-state index contributed by atoms with van der Waals surface area (Å²) >= 11 is 0.954. The highest BCUT2D eigenvalue weighted by molar-refractivity contribution is 6.99. The monoisotopic (exact) mass is 241 g/mol. The molecule has 0 aliphatic rings. The average molecular weight is 241 g/mol. The van der Waals surface area contributed by atoms with Crippen molar-refractivity contribution in [1.82, 2.24) is 8.75 Å². The Morgan fingerprint density at radius 2 is 2.12 bits per heavy atom. The predicted molar refractivity (Wildman–Crippen MR) is 57.0 cm³/mol. The third kappa shape index (κ3) is 1.81. The first-order valence-electron chi connectivity index (χ1n) is 4.58. The van der Waals surface area contributed by atoms with E-state index in [4.69, 9.17) is 5.73 Å². The van der Waals surface area contributed by atoms with Crippen LogP contribution in [0.5, 0.6) is 0 Å². The van der Waals surface area contributed by atoms with Gasteiger partial charge in [-0.3, -0.25) is 0 Å². The van der Waals surface area contributed by atoms with Gasteiger partial charge in [0.25, 0.3) is 0 Å². The highest BCUT2D eigenvalue weighted by Gasteiger charge is 2.21. The lowest BCUT2D eigenvalue weighted by Crippen LogP contribution is -2.16. The van der Waals surface area contributed by atoms with Gasteiger partial charge in [0.2, 0.25) is 0 Å². The van der Waals surface area contributed by atoms with Crippen LogP contribution in [-0.4, -0.2) is 8.75 Å². The van der Waals surface area contributed by atoms with Crippen molar-refractivity contribution in [3.63, 3.8) is 0 Å². The van der Waals surface area contributed by atoms with Gasteiger partial charge in [0.05, 0.1) is 29.7 Å². The van der Waals surface area contributed by atoms with Crippen LogP contribution < -0.4 is 5.73 Å². The van der Waals surface area contributed by atoms with Gasteiger partial charge in [-0.1, -0.05) is 6.07 Å². The van der Waals surface area contributed by atoms with Crippen LogP contribution in [0.1, 0.15) is 22.9 Å². The summed E-state index contributed by atoms with van der Waals surface area (Å²) in [6.07, 6.45) is 1.41. The second-order valence-corrected chi connectivity index (χ2v) is 3.96. The molecule has 3 nitrogen and oxygen atoms in total. The molecule has 2 N–H and O–H groups in total. The summed E-state index contributed by atoms with van der Waals surface area (Å²) in [4.78, 5) is 0. The van der Waals surface area contributed by atoms with E-state index in [1.54, 1.807) is 6.92 Å². The van der Waals surface area contributed by atoms with E-state index in [2.05, 4.69) is 8.75 Å². The summed E-state index contributed by atoms with van der Waals surface area (Å²) in [6, 6.07) is 1.66. The summed E-state index contributed by atoms with van der Waals surface area (Å²) in [7, 11) is 0. The number of hydrogen-bond acceptors (Lipinski definition) is 4. The van der Waals surface area contributed by atoms with Crippen LogP contribution >= 0.6 is 11.7 Å². The van der Waals surface area contributed by atoms with E-state index in [-0.39, 0.29) is 5.56 Å². The lowest BCUT2D eigenvalue weighted by atomic mass is 10.0. The maximum absolute atomic E-state index is 13.7. The summed E-state index contributed by atoms with van der Waals surface area (Å²) < 4.78 is 34.9. The van der Waals surface area contributed by atoms with Crippen molar-refractivity contribution >= 4 is 11.7 Å². The first kappa shape index (κ1) is 11.1. The third-order valence-corrected chi connectivity index (χ3v) is 2.82. The van der Waals surface area contributed by atoms with E-state index in [0.29, 0.717) is 11.3 Å². The van der Waals surface area contributed by atoms with Crippen LogP contribution in [0.2, 0.25) is 0 Å². The van der Waals surface area contributed by atoms with Crippen LogP contribution in [0.4, 0.5) is 8.78 Å². The number of rotatable bonds is 2. The second kappa shape index (κ2) is 4.23. The fraction of sp³-hybridized carbons (Fsp3) is 0.200. The number of aryl methyl sites for hydroxylation is 1. The molecule has 0 aliphatic heterocycles. The Morgan fingerprint density at radius 1 is 1.38 bits per heavy atom. The van der Waals surface area contributed by atoms with Crippen LogP contribution in [0.15, 0.2) is 18.3 Å². The molecule has 1 atom stereocenters. The Kier molecular flexibility index (Phi) is 2.93. The molecule has 1 aromatic carbocycles. The van der Waals surface area contributed by atoms with Crippen LogP contribution in [0, 0.1) is 18.6 Å². The van der Waals surface area contributed by atoms with E-state index < -0.39 is 17.7 Å². The summed E-state index contributed by atoms with van der Waals surface area (Å²) in [5.41, 5.74) is 6.32. The Balaban J connectivity index is 2.52. The highest BCUT2D eigenvalue weighted by Crippen LogP contribution is 2.25. The van der Waals surface area contributed by atoms with E-state index in [0.717, 1.165) is 11.7 Å². The van der Waals surface area contributed by atoms with Crippen molar-refractivity contribution in [2.45, 2.75) is 13.0 Å². The zero-order valence-electron chi connectivity index (χ0n) is 8.45. The minimum Gasteiger partial charge on any atom is -0.319 e. The molecule has 0 spiro atoms. The van der Waals surface area contributed by atoms with Gasteiger partial charge in [0.15, 0.2) is 0 Å². The van der Waals surface area contributed by atoms with Gasteiger partial charge < -0.3 is 5.73 Å². The van der Waals surface area contributed by atoms with Crippen molar-refractivity contribution in [2.24, 2.45) is 5.73 Å². The number of nitrogens with two attached hydrogens (primary N) is 1. The van der Waals surface area contributed by atoms with Gasteiger partial charge in [-0.15, -0.1) is 0 Å². The lowest BCUT2D eigenvalue weighted by Gasteiger charge is -2.12. The molecule has 1 unspecified atom stereocenters. The molecule has 0 saturated heterocycles. The van der Waals surface area contributed by atoms with E-state index in [1.165, 1.54) is 18.3 Å². The van der Waals surface area contributed by atoms with E-state index in [9.17, 15) is 8.78 Å². The molecule has 6 heteroatoms. The first-order valence-corrected chi connectivity index (χ1v) is 5.32. The van der Waals surface area contributed by atoms with Gasteiger partial charge in [0.1, 0.15) is 11.6 Å². The van der Waals surface area contributed by atoms with Crippen molar-refractivity contribution in [1.29, 1.82) is 0 Å². The molecule has 0 saturated carbocycles. The van der Waals surface area contributed by atoms with Crippen LogP contribution in [0.3, 0.4) is 0 Å². The van der Waals surface area contributed by atoms with Gasteiger partial charge in [-0.05, 0) is 18.6 Å². The number of aromatic nitrogens is 2. The van der Waals surface area contributed by atoms with Gasteiger partial charge in [-0.25, -0.2) is 8.78 Å². The SMILES string of the molecule is Cc1ccc(F)c(C(N)c2cnsn2)c1F. The van der Waals surface area contributed by atoms with E-state index in [1.807, 2.05) is 0 Å². The largest absolute Gasteiger partial charge is 0.319 e. The molecule has 0 radical (unpaired) electrons. The molecule has 2 rings (SSSR count). The van der Waals surface area contributed by atoms with Gasteiger partial charge in [0, 0.05) is 5.56 Å². The van der Waals surface area contributed by atoms with Gasteiger partial charge >= 0.3 is 0 Å². The van der Waals surface area contributed by atoms with Crippen molar-refractivity contribution in [3.05, 3.63) is 46.8 Å². The van der Waals surface area contributed by atoms with E-state index >= 15 is 0 Å². The lowest BCUT2D eigenvalue weighted by molar-refractivity contribution is 0.536. The zero-order valence-corrected chi connectivity index (χ0v) is 9.26. The summed E-state index contributed by atoms with van der Waals surface area (Å²) in [5, 5.41) is 0. The zero-order chi connectivity index (χ0) is 11.7. The normalized spacial score (nSPS) is 12.8. The van der Waals surface area contributed by atoms with Crippen LogP contribution in [0.25, 0.3) is 0 Å². The molecule has 0 fully saturated rings. The average Bonchev–Trinajstić information content (AvgIpc) is 2.77. The van der Waals surface area contributed by atoms with Crippen molar-refractivity contribution < 1.29 is 8.78 Å². The van der Waals surface area contributed by atoms with Crippen molar-refractivity contribution in [2.75, 3.05) is 0 Å². The molecular weight excluding hydrogens is 232 g/mol. The Bertz CT molecular complexity index is 499. The maximum Gasteiger partial charge on any atom is 0.134 e. The Morgan fingerprint density at radius 3 is 2.75 bits per heavy atom. The molecular formula is C10H9F2N3S. The third-order valence-electron chi connectivity index (χ3n) is 2.33. The fourth-order valence-corrected chi connectivity index (χ4v) is 1.88. The Labute approximate surface area is 95.3 Å². The minimum atomic E-state index is -0.918. The standard InChI is InChI=1S/C10H9F2N3S/c1-5-2-3-6(11)8(9(5)12)10(13)7-4-14-16-15-7/h2-4,10H,13H2,1H3. The van der Waals surface area contributed by atoms with Crippen molar-refractivity contribution in [3.8, 4) is 0 Å². The summed E-state index contributed by atoms with van der Waals surface area (Å²) in [5.74, 6) is -1.29. The fourth-order valence-electron chi connectivity index (χ4n) is 1.42. The molecule has 0 aliphatic carbocycles. The molecule has 1 aromatic heterocycles. The highest BCUT2D eigenvalue weighted by atomic mass is 32.1. The smallest absolute Gasteiger partial charge is 0.134 e. The number of nitrogens with zero attached hydrogens (tertiary/aromatic N) is 2.